The van der Waals surface area contributed by atoms with Crippen LogP contribution < -0.4 is 0 Å². The van der Waals surface area contributed by atoms with Crippen molar-refractivity contribution in [1.82, 2.24) is 0 Å². The SMILES string of the molecule is C/C=N/c1c(C(C)C)cccc1C(C)C. The average molecular weight is 203 g/mol. The Morgan fingerprint density at radius 1 is 1.00 bits per heavy atom. The van der Waals surface area contributed by atoms with Crippen LogP contribution in [0.3, 0.4) is 0 Å². The monoisotopic (exact) mass is 203 g/mol. The van der Waals surface area contributed by atoms with Gasteiger partial charge in [-0.2, -0.15) is 0 Å². The van der Waals surface area contributed by atoms with Gasteiger partial charge in [0.1, 0.15) is 0 Å². The van der Waals surface area contributed by atoms with E-state index in [1.165, 1.54) is 16.8 Å². The van der Waals surface area contributed by atoms with Crippen molar-refractivity contribution in [3.8, 4) is 0 Å². The number of rotatable bonds is 3. The highest BCUT2D eigenvalue weighted by Gasteiger charge is 2.11. The molecule has 0 spiro atoms. The molecule has 1 nitrogen and oxygen atoms in total. The van der Waals surface area contributed by atoms with Crippen LogP contribution in [-0.4, -0.2) is 6.21 Å². The van der Waals surface area contributed by atoms with Gasteiger partial charge in [-0.15, -0.1) is 0 Å². The number of nitrogens with zero attached hydrogens (tertiary/aromatic N) is 1. The van der Waals surface area contributed by atoms with Crippen molar-refractivity contribution < 1.29 is 0 Å². The van der Waals surface area contributed by atoms with E-state index >= 15 is 0 Å². The molecule has 1 aromatic rings. The lowest BCUT2D eigenvalue weighted by Gasteiger charge is -2.15. The van der Waals surface area contributed by atoms with Crippen molar-refractivity contribution in [1.29, 1.82) is 0 Å². The van der Waals surface area contributed by atoms with E-state index in [9.17, 15) is 0 Å². The topological polar surface area (TPSA) is 12.4 Å². The Morgan fingerprint density at radius 2 is 1.47 bits per heavy atom. The summed E-state index contributed by atoms with van der Waals surface area (Å²) in [7, 11) is 0. The van der Waals surface area contributed by atoms with Gasteiger partial charge >= 0.3 is 0 Å². The summed E-state index contributed by atoms with van der Waals surface area (Å²) in [5.41, 5.74) is 3.86. The van der Waals surface area contributed by atoms with E-state index in [0.717, 1.165) is 0 Å². The molecule has 0 saturated carbocycles. The molecule has 82 valence electrons. The average Bonchev–Trinajstić information content (AvgIpc) is 2.17. The molecule has 0 unspecified atom stereocenters. The van der Waals surface area contributed by atoms with E-state index in [1.807, 2.05) is 13.1 Å². The van der Waals surface area contributed by atoms with Crippen LogP contribution in [0.2, 0.25) is 0 Å². The van der Waals surface area contributed by atoms with E-state index in [1.54, 1.807) is 0 Å². The molecule has 0 N–H and O–H groups in total. The summed E-state index contributed by atoms with van der Waals surface area (Å²) < 4.78 is 0. The van der Waals surface area contributed by atoms with Gasteiger partial charge in [-0.3, -0.25) is 4.99 Å². The fraction of sp³-hybridized carbons (Fsp3) is 0.500. The van der Waals surface area contributed by atoms with Crippen LogP contribution in [0.4, 0.5) is 5.69 Å². The number of benzene rings is 1. The van der Waals surface area contributed by atoms with Crippen LogP contribution in [0.15, 0.2) is 23.2 Å². The maximum absolute atomic E-state index is 4.52. The molecule has 0 fully saturated rings. The Labute approximate surface area is 93.2 Å². The fourth-order valence-corrected chi connectivity index (χ4v) is 1.79. The number of aliphatic imine (C=N–C) groups is 1. The highest BCUT2D eigenvalue weighted by Crippen LogP contribution is 2.34. The molecule has 0 amide bonds. The predicted molar refractivity (Wildman–Crippen MR) is 68.4 cm³/mol. The van der Waals surface area contributed by atoms with Gasteiger partial charge in [-0.25, -0.2) is 0 Å². The molecule has 0 aliphatic carbocycles. The third-order valence-corrected chi connectivity index (χ3v) is 2.60. The quantitative estimate of drug-likeness (QED) is 0.634. The van der Waals surface area contributed by atoms with Gasteiger partial charge in [-0.05, 0) is 29.9 Å². The number of para-hydroxylation sites is 1. The highest BCUT2D eigenvalue weighted by molar-refractivity contribution is 5.66. The zero-order chi connectivity index (χ0) is 11.4. The smallest absolute Gasteiger partial charge is 0.0694 e. The Bertz CT molecular complexity index is 322. The lowest BCUT2D eigenvalue weighted by molar-refractivity contribution is 0.835. The van der Waals surface area contributed by atoms with Crippen LogP contribution in [0, 0.1) is 0 Å². The summed E-state index contributed by atoms with van der Waals surface area (Å²) in [4.78, 5) is 4.52. The van der Waals surface area contributed by atoms with Crippen molar-refractivity contribution in [2.45, 2.75) is 46.5 Å². The molecule has 0 heterocycles. The maximum Gasteiger partial charge on any atom is 0.0694 e. The van der Waals surface area contributed by atoms with Gasteiger partial charge in [0.15, 0.2) is 0 Å². The first-order chi connectivity index (χ1) is 7.07. The van der Waals surface area contributed by atoms with Crippen molar-refractivity contribution in [3.05, 3.63) is 29.3 Å². The van der Waals surface area contributed by atoms with Crippen molar-refractivity contribution in [3.63, 3.8) is 0 Å². The molecule has 0 radical (unpaired) electrons. The minimum atomic E-state index is 0.530. The van der Waals surface area contributed by atoms with E-state index in [4.69, 9.17) is 0 Å². The molecule has 1 aromatic carbocycles. The normalized spacial score (nSPS) is 11.9. The minimum Gasteiger partial charge on any atom is -0.261 e. The van der Waals surface area contributed by atoms with E-state index in [2.05, 4.69) is 50.9 Å². The van der Waals surface area contributed by atoms with E-state index in [0.29, 0.717) is 11.8 Å². The van der Waals surface area contributed by atoms with Gasteiger partial charge in [0.25, 0.3) is 0 Å². The van der Waals surface area contributed by atoms with Crippen molar-refractivity contribution in [2.75, 3.05) is 0 Å². The van der Waals surface area contributed by atoms with Crippen molar-refractivity contribution >= 4 is 11.9 Å². The van der Waals surface area contributed by atoms with Crippen LogP contribution in [-0.2, 0) is 0 Å². The molecule has 1 heteroatoms. The third-order valence-electron chi connectivity index (χ3n) is 2.60. The van der Waals surface area contributed by atoms with Crippen molar-refractivity contribution in [2.24, 2.45) is 4.99 Å². The van der Waals surface area contributed by atoms with Crippen LogP contribution in [0.1, 0.15) is 57.6 Å². The first-order valence-corrected chi connectivity index (χ1v) is 5.69. The number of hydrogen-bond acceptors (Lipinski definition) is 1. The molecule has 0 aliphatic rings. The molecule has 0 aliphatic heterocycles. The Kier molecular flexibility index (Phi) is 4.07. The molecule has 0 saturated heterocycles. The van der Waals surface area contributed by atoms with Gasteiger partial charge < -0.3 is 0 Å². The Balaban J connectivity index is 3.34. The largest absolute Gasteiger partial charge is 0.261 e. The summed E-state index contributed by atoms with van der Waals surface area (Å²) in [6, 6.07) is 6.50. The second-order valence-corrected chi connectivity index (χ2v) is 4.48. The van der Waals surface area contributed by atoms with Gasteiger partial charge in [0, 0.05) is 6.21 Å². The molecule has 0 bridgehead atoms. The Morgan fingerprint density at radius 3 is 1.80 bits per heavy atom. The van der Waals surface area contributed by atoms with Gasteiger partial charge in [-0.1, -0.05) is 45.9 Å². The summed E-state index contributed by atoms with van der Waals surface area (Å²) in [5.74, 6) is 1.06. The zero-order valence-electron chi connectivity index (χ0n) is 10.4. The second kappa shape index (κ2) is 5.11. The van der Waals surface area contributed by atoms with Crippen LogP contribution >= 0.6 is 0 Å². The second-order valence-electron chi connectivity index (χ2n) is 4.48. The van der Waals surface area contributed by atoms with Gasteiger partial charge in [0.2, 0.25) is 0 Å². The molecular formula is C14H21N. The summed E-state index contributed by atoms with van der Waals surface area (Å²) >= 11 is 0. The molecule has 0 aromatic heterocycles. The van der Waals surface area contributed by atoms with Crippen LogP contribution in [0.5, 0.6) is 0 Å². The first-order valence-electron chi connectivity index (χ1n) is 5.69. The summed E-state index contributed by atoms with van der Waals surface area (Å²) in [5, 5.41) is 0. The van der Waals surface area contributed by atoms with E-state index < -0.39 is 0 Å². The summed E-state index contributed by atoms with van der Waals surface area (Å²) in [6.07, 6.45) is 1.88. The molecule has 15 heavy (non-hydrogen) atoms. The number of hydrogen-bond donors (Lipinski definition) is 0. The van der Waals surface area contributed by atoms with Gasteiger partial charge in [0.05, 0.1) is 5.69 Å². The summed E-state index contributed by atoms with van der Waals surface area (Å²) in [6.45, 7) is 10.8. The maximum atomic E-state index is 4.52. The lowest BCUT2D eigenvalue weighted by Crippen LogP contribution is -1.95. The fourth-order valence-electron chi connectivity index (χ4n) is 1.79. The van der Waals surface area contributed by atoms with Crippen LogP contribution in [0.25, 0.3) is 0 Å². The predicted octanol–water partition coefficient (Wildman–Crippen LogP) is 4.66. The Hall–Kier alpha value is -1.11. The molecular weight excluding hydrogens is 182 g/mol. The minimum absolute atomic E-state index is 0.530. The standard InChI is InChI=1S/C14H21N/c1-6-15-14-12(10(2)3)8-7-9-13(14)11(4)5/h6-11H,1-5H3/b15-6+. The molecule has 1 rings (SSSR count). The zero-order valence-corrected chi connectivity index (χ0v) is 10.4. The molecule has 0 atom stereocenters. The third kappa shape index (κ3) is 2.68. The highest BCUT2D eigenvalue weighted by atomic mass is 14.7. The van der Waals surface area contributed by atoms with E-state index in [-0.39, 0.29) is 0 Å². The first kappa shape index (κ1) is 12.0. The lowest BCUT2D eigenvalue weighted by atomic mass is 9.93.